The fourth-order valence-corrected chi connectivity index (χ4v) is 2.64. The van der Waals surface area contributed by atoms with E-state index in [0.717, 1.165) is 11.1 Å². The predicted octanol–water partition coefficient (Wildman–Crippen LogP) is 1.51. The van der Waals surface area contributed by atoms with Crippen molar-refractivity contribution in [2.24, 2.45) is 0 Å². The van der Waals surface area contributed by atoms with Gasteiger partial charge in [0, 0.05) is 12.7 Å². The second-order valence-electron chi connectivity index (χ2n) is 5.47. The summed E-state index contributed by atoms with van der Waals surface area (Å²) >= 11 is 0. The summed E-state index contributed by atoms with van der Waals surface area (Å²) in [6.45, 7) is 2.23. The number of rotatable bonds is 5. The highest BCUT2D eigenvalue weighted by atomic mass is 16.5. The Morgan fingerprint density at radius 2 is 2.04 bits per heavy atom. The average molecular weight is 342 g/mol. The van der Waals surface area contributed by atoms with Gasteiger partial charge in [-0.05, 0) is 30.2 Å². The molecule has 0 aliphatic heterocycles. The second kappa shape index (κ2) is 6.68. The van der Waals surface area contributed by atoms with Gasteiger partial charge < -0.3 is 19.8 Å². The third-order valence-electron chi connectivity index (χ3n) is 3.98. The number of carbonyl (C=O) groups excluding carboxylic acids is 1. The number of fused-ring (bicyclic) bond motifs is 1. The molecule has 1 amide bonds. The first-order valence-electron chi connectivity index (χ1n) is 7.60. The quantitative estimate of drug-likeness (QED) is 0.651. The zero-order valence-electron chi connectivity index (χ0n) is 14.1. The standard InChI is InChI=1S/C17H18N4O4/c1-9-10(4-5-13(24-2)14(9)25-3)7-19-16(22)11-6-12-15(18-8-11)21-17(23)20-12/h4-6,8H,7H2,1-3H3,(H,19,22)(H2,18,20,21,23). The summed E-state index contributed by atoms with van der Waals surface area (Å²) in [5.41, 5.74) is 2.71. The smallest absolute Gasteiger partial charge is 0.325 e. The Balaban J connectivity index is 1.78. The van der Waals surface area contributed by atoms with Gasteiger partial charge in [0.2, 0.25) is 0 Å². The molecule has 1 aromatic carbocycles. The van der Waals surface area contributed by atoms with Crippen LogP contribution in [-0.4, -0.2) is 35.1 Å². The van der Waals surface area contributed by atoms with E-state index in [4.69, 9.17) is 9.47 Å². The topological polar surface area (TPSA) is 109 Å². The minimum absolute atomic E-state index is 0.286. The molecule has 2 aromatic heterocycles. The highest BCUT2D eigenvalue weighted by Crippen LogP contribution is 2.32. The number of H-pyrrole nitrogens is 2. The van der Waals surface area contributed by atoms with E-state index in [-0.39, 0.29) is 11.6 Å². The third kappa shape index (κ3) is 3.18. The summed E-state index contributed by atoms with van der Waals surface area (Å²) in [6.07, 6.45) is 1.42. The van der Waals surface area contributed by atoms with Gasteiger partial charge in [0.25, 0.3) is 5.91 Å². The first-order chi connectivity index (χ1) is 12.0. The van der Waals surface area contributed by atoms with Crippen LogP contribution in [0.15, 0.2) is 29.2 Å². The van der Waals surface area contributed by atoms with Crippen LogP contribution in [0.4, 0.5) is 0 Å². The lowest BCUT2D eigenvalue weighted by molar-refractivity contribution is 0.0950. The monoisotopic (exact) mass is 342 g/mol. The molecule has 25 heavy (non-hydrogen) atoms. The number of aromatic amines is 2. The minimum atomic E-state index is -0.360. The summed E-state index contributed by atoms with van der Waals surface area (Å²) in [6, 6.07) is 5.25. The Labute approximate surface area is 143 Å². The van der Waals surface area contributed by atoms with Crippen molar-refractivity contribution in [2.45, 2.75) is 13.5 Å². The second-order valence-corrected chi connectivity index (χ2v) is 5.47. The van der Waals surface area contributed by atoms with Gasteiger partial charge in [0.15, 0.2) is 17.1 Å². The summed E-state index contributed by atoms with van der Waals surface area (Å²) < 4.78 is 10.6. The van der Waals surface area contributed by atoms with E-state index in [9.17, 15) is 9.59 Å². The van der Waals surface area contributed by atoms with Gasteiger partial charge in [-0.25, -0.2) is 9.78 Å². The average Bonchev–Trinajstić information content (AvgIpc) is 2.99. The van der Waals surface area contributed by atoms with Gasteiger partial charge >= 0.3 is 5.69 Å². The fraction of sp³-hybridized carbons (Fsp3) is 0.235. The summed E-state index contributed by atoms with van der Waals surface area (Å²) in [4.78, 5) is 32.8. The Kier molecular flexibility index (Phi) is 4.42. The Hall–Kier alpha value is -3.29. The molecule has 0 saturated heterocycles. The normalized spacial score (nSPS) is 10.7. The molecular formula is C17H18N4O4. The van der Waals surface area contributed by atoms with Crippen LogP contribution in [0, 0.1) is 6.92 Å². The molecule has 2 heterocycles. The lowest BCUT2D eigenvalue weighted by Gasteiger charge is -2.14. The molecule has 8 heteroatoms. The van der Waals surface area contributed by atoms with Crippen molar-refractivity contribution >= 4 is 17.1 Å². The number of nitrogens with zero attached hydrogens (tertiary/aromatic N) is 1. The molecule has 8 nitrogen and oxygen atoms in total. The van der Waals surface area contributed by atoms with Gasteiger partial charge in [-0.3, -0.25) is 9.78 Å². The van der Waals surface area contributed by atoms with Gasteiger partial charge in [0.05, 0.1) is 25.3 Å². The van der Waals surface area contributed by atoms with E-state index < -0.39 is 0 Å². The number of carbonyl (C=O) groups is 1. The number of amides is 1. The Morgan fingerprint density at radius 1 is 1.24 bits per heavy atom. The van der Waals surface area contributed by atoms with Crippen molar-refractivity contribution < 1.29 is 14.3 Å². The van der Waals surface area contributed by atoms with Crippen LogP contribution in [0.3, 0.4) is 0 Å². The molecule has 0 aliphatic rings. The van der Waals surface area contributed by atoms with Crippen molar-refractivity contribution in [3.63, 3.8) is 0 Å². The van der Waals surface area contributed by atoms with Crippen molar-refractivity contribution in [2.75, 3.05) is 14.2 Å². The van der Waals surface area contributed by atoms with E-state index in [1.165, 1.54) is 6.20 Å². The van der Waals surface area contributed by atoms with Crippen molar-refractivity contribution in [1.29, 1.82) is 0 Å². The maximum absolute atomic E-state index is 12.3. The molecule has 3 rings (SSSR count). The molecule has 0 spiro atoms. The molecule has 0 aliphatic carbocycles. The molecule has 0 saturated carbocycles. The van der Waals surface area contributed by atoms with Gasteiger partial charge in [-0.15, -0.1) is 0 Å². The van der Waals surface area contributed by atoms with Gasteiger partial charge in [-0.2, -0.15) is 0 Å². The lowest BCUT2D eigenvalue weighted by Crippen LogP contribution is -2.23. The summed E-state index contributed by atoms with van der Waals surface area (Å²) in [5.74, 6) is 0.994. The fourth-order valence-electron chi connectivity index (χ4n) is 2.64. The van der Waals surface area contributed by atoms with Crippen molar-refractivity contribution in [3.05, 3.63) is 51.6 Å². The number of aromatic nitrogens is 3. The van der Waals surface area contributed by atoms with Crippen LogP contribution >= 0.6 is 0 Å². The predicted molar refractivity (Wildman–Crippen MR) is 92.2 cm³/mol. The van der Waals surface area contributed by atoms with E-state index in [0.29, 0.717) is 34.8 Å². The maximum Gasteiger partial charge on any atom is 0.325 e. The molecule has 130 valence electrons. The lowest BCUT2D eigenvalue weighted by atomic mass is 10.1. The van der Waals surface area contributed by atoms with Gasteiger partial charge in [-0.1, -0.05) is 6.07 Å². The number of benzene rings is 1. The SMILES string of the molecule is COc1ccc(CNC(=O)c2cnc3[nH]c(=O)[nH]c3c2)c(C)c1OC. The molecule has 3 N–H and O–H groups in total. The molecule has 0 fully saturated rings. The van der Waals surface area contributed by atoms with Crippen LogP contribution in [0.25, 0.3) is 11.2 Å². The molecule has 0 bridgehead atoms. The van der Waals surface area contributed by atoms with Crippen molar-refractivity contribution in [3.8, 4) is 11.5 Å². The van der Waals surface area contributed by atoms with E-state index >= 15 is 0 Å². The van der Waals surface area contributed by atoms with Crippen LogP contribution in [0.5, 0.6) is 11.5 Å². The maximum atomic E-state index is 12.3. The molecule has 0 unspecified atom stereocenters. The number of imidazole rings is 1. The number of hydrogen-bond acceptors (Lipinski definition) is 5. The molecule has 0 atom stereocenters. The van der Waals surface area contributed by atoms with E-state index in [1.54, 1.807) is 26.4 Å². The Bertz CT molecular complexity index is 990. The number of ether oxygens (including phenoxy) is 2. The van der Waals surface area contributed by atoms with E-state index in [1.807, 2.05) is 13.0 Å². The first-order valence-corrected chi connectivity index (χ1v) is 7.60. The molecule has 3 aromatic rings. The van der Waals surface area contributed by atoms with Crippen LogP contribution in [0.1, 0.15) is 21.5 Å². The largest absolute Gasteiger partial charge is 0.493 e. The number of hydrogen-bond donors (Lipinski definition) is 3. The van der Waals surface area contributed by atoms with Crippen LogP contribution in [0.2, 0.25) is 0 Å². The van der Waals surface area contributed by atoms with Crippen LogP contribution in [-0.2, 0) is 6.54 Å². The highest BCUT2D eigenvalue weighted by molar-refractivity contribution is 5.96. The Morgan fingerprint density at radius 3 is 2.76 bits per heavy atom. The number of pyridine rings is 1. The molecule has 0 radical (unpaired) electrons. The van der Waals surface area contributed by atoms with E-state index in [2.05, 4.69) is 20.3 Å². The van der Waals surface area contributed by atoms with Crippen LogP contribution < -0.4 is 20.5 Å². The van der Waals surface area contributed by atoms with Crippen molar-refractivity contribution in [1.82, 2.24) is 20.3 Å². The minimum Gasteiger partial charge on any atom is -0.493 e. The zero-order valence-corrected chi connectivity index (χ0v) is 14.1. The summed E-state index contributed by atoms with van der Waals surface area (Å²) in [7, 11) is 3.15. The number of methoxy groups -OCH3 is 2. The summed E-state index contributed by atoms with van der Waals surface area (Å²) in [5, 5.41) is 2.84. The zero-order chi connectivity index (χ0) is 18.0. The first kappa shape index (κ1) is 16.6. The van der Waals surface area contributed by atoms with Gasteiger partial charge in [0.1, 0.15) is 0 Å². The number of nitrogens with one attached hydrogen (secondary N) is 3. The molecular weight excluding hydrogens is 324 g/mol. The highest BCUT2D eigenvalue weighted by Gasteiger charge is 2.13. The third-order valence-corrected chi connectivity index (χ3v) is 3.98.